The molecule has 78 valence electrons. The van der Waals surface area contributed by atoms with Crippen LogP contribution in [-0.4, -0.2) is 9.78 Å². The maximum absolute atomic E-state index is 13.0. The van der Waals surface area contributed by atoms with Crippen molar-refractivity contribution >= 4 is 21.7 Å². The Labute approximate surface area is 94.8 Å². The molecule has 3 nitrogen and oxygen atoms in total. The Balaban J connectivity index is 2.59. The zero-order chi connectivity index (χ0) is 11.0. The number of benzene rings is 1. The Bertz CT molecular complexity index is 507. The second-order valence-electron chi connectivity index (χ2n) is 3.18. The summed E-state index contributed by atoms with van der Waals surface area (Å²) in [5, 5.41) is 4.20. The van der Waals surface area contributed by atoms with Crippen molar-refractivity contribution in [1.29, 1.82) is 0 Å². The third-order valence-corrected chi connectivity index (χ3v) is 2.91. The van der Waals surface area contributed by atoms with Crippen LogP contribution >= 0.6 is 15.9 Å². The average molecular weight is 270 g/mol. The van der Waals surface area contributed by atoms with E-state index in [2.05, 4.69) is 21.0 Å². The molecule has 0 aliphatic heterocycles. The van der Waals surface area contributed by atoms with Crippen molar-refractivity contribution in [2.75, 3.05) is 5.73 Å². The molecule has 2 N–H and O–H groups in total. The Morgan fingerprint density at radius 3 is 2.73 bits per heavy atom. The van der Waals surface area contributed by atoms with Crippen LogP contribution in [0.1, 0.15) is 0 Å². The molecule has 0 aliphatic rings. The van der Waals surface area contributed by atoms with Gasteiger partial charge in [-0.3, -0.25) is 4.68 Å². The van der Waals surface area contributed by atoms with Crippen LogP contribution in [0.25, 0.3) is 11.3 Å². The predicted octanol–water partition coefficient (Wildman–Crippen LogP) is 2.57. The van der Waals surface area contributed by atoms with Crippen LogP contribution in [-0.2, 0) is 7.05 Å². The minimum absolute atomic E-state index is 0.288. The van der Waals surface area contributed by atoms with Crippen molar-refractivity contribution in [2.45, 2.75) is 0 Å². The van der Waals surface area contributed by atoms with Crippen LogP contribution in [0.5, 0.6) is 0 Å². The molecule has 0 amide bonds. The van der Waals surface area contributed by atoms with E-state index >= 15 is 0 Å². The monoisotopic (exact) mass is 269 g/mol. The molecule has 15 heavy (non-hydrogen) atoms. The minimum atomic E-state index is -0.288. The molecule has 1 aromatic heterocycles. The molecule has 0 saturated heterocycles. The lowest BCUT2D eigenvalue weighted by Gasteiger charge is -1.97. The van der Waals surface area contributed by atoms with Crippen LogP contribution in [0, 0.1) is 5.82 Å². The molecule has 0 spiro atoms. The van der Waals surface area contributed by atoms with Crippen LogP contribution in [0.4, 0.5) is 10.2 Å². The van der Waals surface area contributed by atoms with Crippen molar-refractivity contribution in [1.82, 2.24) is 9.78 Å². The van der Waals surface area contributed by atoms with E-state index in [0.29, 0.717) is 21.5 Å². The van der Waals surface area contributed by atoms with Crippen LogP contribution in [0.15, 0.2) is 28.7 Å². The SMILES string of the molecule is Cn1nc(-c2cccc(F)c2)c(Br)c1N. The number of hydrogen-bond acceptors (Lipinski definition) is 2. The van der Waals surface area contributed by atoms with Crippen LogP contribution < -0.4 is 5.73 Å². The molecule has 1 heterocycles. The van der Waals surface area contributed by atoms with Crippen molar-refractivity contribution in [3.8, 4) is 11.3 Å². The van der Waals surface area contributed by atoms with Crippen LogP contribution in [0.2, 0.25) is 0 Å². The second kappa shape index (κ2) is 3.66. The fourth-order valence-electron chi connectivity index (χ4n) is 1.33. The maximum Gasteiger partial charge on any atom is 0.136 e. The summed E-state index contributed by atoms with van der Waals surface area (Å²) in [7, 11) is 1.74. The molecule has 2 aromatic rings. The van der Waals surface area contributed by atoms with Gasteiger partial charge in [-0.25, -0.2) is 4.39 Å². The van der Waals surface area contributed by atoms with Gasteiger partial charge in [0.2, 0.25) is 0 Å². The molecule has 0 saturated carbocycles. The molecule has 0 atom stereocenters. The van der Waals surface area contributed by atoms with Crippen molar-refractivity contribution < 1.29 is 4.39 Å². The maximum atomic E-state index is 13.0. The largest absolute Gasteiger partial charge is 0.383 e. The highest BCUT2D eigenvalue weighted by Gasteiger charge is 2.12. The first kappa shape index (κ1) is 10.2. The minimum Gasteiger partial charge on any atom is -0.383 e. The summed E-state index contributed by atoms with van der Waals surface area (Å²) in [6, 6.07) is 6.24. The van der Waals surface area contributed by atoms with E-state index in [-0.39, 0.29) is 5.82 Å². The van der Waals surface area contributed by atoms with E-state index in [1.807, 2.05) is 0 Å². The molecule has 2 rings (SSSR count). The van der Waals surface area contributed by atoms with Gasteiger partial charge in [-0.15, -0.1) is 0 Å². The molecule has 0 radical (unpaired) electrons. The van der Waals surface area contributed by atoms with Gasteiger partial charge in [0.15, 0.2) is 0 Å². The van der Waals surface area contributed by atoms with Gasteiger partial charge in [0.25, 0.3) is 0 Å². The van der Waals surface area contributed by atoms with E-state index in [9.17, 15) is 4.39 Å². The Kier molecular flexibility index (Phi) is 2.48. The zero-order valence-electron chi connectivity index (χ0n) is 8.04. The number of aryl methyl sites for hydroxylation is 1. The lowest BCUT2D eigenvalue weighted by Crippen LogP contribution is -1.97. The molecule has 0 bridgehead atoms. The molecule has 0 fully saturated rings. The van der Waals surface area contributed by atoms with E-state index in [1.165, 1.54) is 12.1 Å². The molecule has 5 heteroatoms. The lowest BCUT2D eigenvalue weighted by molar-refractivity contribution is 0.628. The normalized spacial score (nSPS) is 10.6. The number of anilines is 1. The van der Waals surface area contributed by atoms with E-state index < -0.39 is 0 Å². The first-order valence-electron chi connectivity index (χ1n) is 4.33. The van der Waals surface area contributed by atoms with Crippen molar-refractivity contribution in [3.05, 3.63) is 34.6 Å². The first-order chi connectivity index (χ1) is 7.09. The fourth-order valence-corrected chi connectivity index (χ4v) is 1.90. The van der Waals surface area contributed by atoms with Gasteiger partial charge in [-0.2, -0.15) is 5.10 Å². The van der Waals surface area contributed by atoms with Crippen LogP contribution in [0.3, 0.4) is 0 Å². The van der Waals surface area contributed by atoms with E-state index in [1.54, 1.807) is 23.9 Å². The highest BCUT2D eigenvalue weighted by atomic mass is 79.9. The summed E-state index contributed by atoms with van der Waals surface area (Å²) in [6.07, 6.45) is 0. The zero-order valence-corrected chi connectivity index (χ0v) is 9.62. The predicted molar refractivity (Wildman–Crippen MR) is 60.7 cm³/mol. The van der Waals surface area contributed by atoms with Crippen molar-refractivity contribution in [3.63, 3.8) is 0 Å². The number of hydrogen-bond donors (Lipinski definition) is 1. The summed E-state index contributed by atoms with van der Waals surface area (Å²) >= 11 is 3.33. The molecule has 0 aliphatic carbocycles. The molecule has 1 aromatic carbocycles. The number of nitrogen functional groups attached to an aromatic ring is 1. The smallest absolute Gasteiger partial charge is 0.136 e. The number of nitrogens with zero attached hydrogens (tertiary/aromatic N) is 2. The Morgan fingerprint density at radius 1 is 1.47 bits per heavy atom. The number of aromatic nitrogens is 2. The highest BCUT2D eigenvalue weighted by Crippen LogP contribution is 2.31. The third-order valence-electron chi connectivity index (χ3n) is 2.13. The summed E-state index contributed by atoms with van der Waals surface area (Å²) < 4.78 is 15.2. The van der Waals surface area contributed by atoms with E-state index in [0.717, 1.165) is 0 Å². The van der Waals surface area contributed by atoms with Crippen molar-refractivity contribution in [2.24, 2.45) is 7.05 Å². The first-order valence-corrected chi connectivity index (χ1v) is 5.13. The number of rotatable bonds is 1. The molecular weight excluding hydrogens is 261 g/mol. The van der Waals surface area contributed by atoms with E-state index in [4.69, 9.17) is 5.73 Å². The number of halogens is 2. The summed E-state index contributed by atoms with van der Waals surface area (Å²) in [5.41, 5.74) is 7.09. The molecule has 0 unspecified atom stereocenters. The Morgan fingerprint density at radius 2 is 2.20 bits per heavy atom. The Hall–Kier alpha value is -1.36. The second-order valence-corrected chi connectivity index (χ2v) is 3.97. The fraction of sp³-hybridized carbons (Fsp3) is 0.100. The standard InChI is InChI=1S/C10H9BrFN3/c1-15-10(13)8(11)9(14-15)6-3-2-4-7(12)5-6/h2-5H,13H2,1H3. The number of nitrogens with two attached hydrogens (primary N) is 1. The van der Waals surface area contributed by atoms with Gasteiger partial charge in [0, 0.05) is 12.6 Å². The lowest BCUT2D eigenvalue weighted by atomic mass is 10.1. The van der Waals surface area contributed by atoms with Gasteiger partial charge < -0.3 is 5.73 Å². The third kappa shape index (κ3) is 1.74. The highest BCUT2D eigenvalue weighted by molar-refractivity contribution is 9.10. The van der Waals surface area contributed by atoms with Gasteiger partial charge in [-0.1, -0.05) is 12.1 Å². The van der Waals surface area contributed by atoms with Gasteiger partial charge in [0.05, 0.1) is 4.47 Å². The summed E-state index contributed by atoms with van der Waals surface area (Å²) in [6.45, 7) is 0. The summed E-state index contributed by atoms with van der Waals surface area (Å²) in [4.78, 5) is 0. The average Bonchev–Trinajstić information content (AvgIpc) is 2.46. The summed E-state index contributed by atoms with van der Waals surface area (Å²) in [5.74, 6) is 0.234. The topological polar surface area (TPSA) is 43.8 Å². The van der Waals surface area contributed by atoms with Gasteiger partial charge in [-0.05, 0) is 28.1 Å². The van der Waals surface area contributed by atoms with Gasteiger partial charge >= 0.3 is 0 Å². The van der Waals surface area contributed by atoms with Gasteiger partial charge in [0.1, 0.15) is 17.3 Å². The molecular formula is C10H9BrFN3. The quantitative estimate of drug-likeness (QED) is 0.865.